The smallest absolute Gasteiger partial charge is 0.231 e. The Morgan fingerprint density at radius 1 is 1.73 bits per heavy atom. The van der Waals surface area contributed by atoms with Crippen molar-refractivity contribution < 1.29 is 4.79 Å². The molecule has 2 heterocycles. The van der Waals surface area contributed by atoms with Crippen molar-refractivity contribution in [1.82, 2.24) is 4.90 Å². The number of hydrogen-bond donors (Lipinski definition) is 1. The molecular formula is C10H14N2OS2. The zero-order valence-electron chi connectivity index (χ0n) is 8.39. The summed E-state index contributed by atoms with van der Waals surface area (Å²) in [6, 6.07) is 2.15. The largest absolute Gasteiger partial charge is 0.369 e. The lowest BCUT2D eigenvalue weighted by molar-refractivity contribution is -0.120. The Balaban J connectivity index is 1.74. The maximum atomic E-state index is 10.8. The first-order valence-electron chi connectivity index (χ1n) is 4.91. The van der Waals surface area contributed by atoms with Crippen LogP contribution in [-0.4, -0.2) is 29.3 Å². The molecule has 1 fully saturated rings. The van der Waals surface area contributed by atoms with Gasteiger partial charge in [-0.05, 0) is 28.8 Å². The van der Waals surface area contributed by atoms with Gasteiger partial charge in [0, 0.05) is 12.3 Å². The number of amides is 1. The van der Waals surface area contributed by atoms with E-state index in [-0.39, 0.29) is 5.91 Å². The molecule has 0 saturated carbocycles. The molecule has 1 saturated heterocycles. The van der Waals surface area contributed by atoms with Crippen LogP contribution in [0.5, 0.6) is 0 Å². The second kappa shape index (κ2) is 5.01. The van der Waals surface area contributed by atoms with Crippen LogP contribution in [0.15, 0.2) is 16.8 Å². The van der Waals surface area contributed by atoms with E-state index in [1.165, 1.54) is 12.0 Å². The third kappa shape index (κ3) is 2.96. The van der Waals surface area contributed by atoms with Crippen molar-refractivity contribution >= 4 is 29.0 Å². The number of hydrogen-bond acceptors (Lipinski definition) is 4. The first kappa shape index (κ1) is 11.0. The van der Waals surface area contributed by atoms with Crippen LogP contribution in [0.3, 0.4) is 0 Å². The van der Waals surface area contributed by atoms with E-state index in [1.54, 1.807) is 11.3 Å². The molecule has 1 atom stereocenters. The average molecular weight is 242 g/mol. The Morgan fingerprint density at radius 2 is 2.60 bits per heavy atom. The van der Waals surface area contributed by atoms with Gasteiger partial charge in [0.2, 0.25) is 5.91 Å². The van der Waals surface area contributed by atoms with Crippen molar-refractivity contribution in [3.63, 3.8) is 0 Å². The highest BCUT2D eigenvalue weighted by atomic mass is 32.2. The predicted molar refractivity (Wildman–Crippen MR) is 64.8 cm³/mol. The number of primary amides is 1. The van der Waals surface area contributed by atoms with Crippen molar-refractivity contribution in [3.05, 3.63) is 22.4 Å². The highest BCUT2D eigenvalue weighted by molar-refractivity contribution is 7.99. The monoisotopic (exact) mass is 242 g/mol. The highest BCUT2D eigenvalue weighted by Gasteiger charge is 2.28. The fourth-order valence-electron chi connectivity index (χ4n) is 1.55. The van der Waals surface area contributed by atoms with Crippen molar-refractivity contribution in [2.75, 3.05) is 13.1 Å². The fourth-order valence-corrected chi connectivity index (χ4v) is 3.56. The molecule has 2 N–H and O–H groups in total. The summed E-state index contributed by atoms with van der Waals surface area (Å²) in [5.74, 6) is 0.805. The first-order chi connectivity index (χ1) is 7.25. The summed E-state index contributed by atoms with van der Waals surface area (Å²) >= 11 is 3.62. The number of nitrogens with two attached hydrogens (primary N) is 1. The molecule has 1 aromatic heterocycles. The summed E-state index contributed by atoms with van der Waals surface area (Å²) in [4.78, 5) is 12.9. The lowest BCUT2D eigenvalue weighted by Crippen LogP contribution is -2.49. The predicted octanol–water partition coefficient (Wildman–Crippen LogP) is 1.50. The van der Waals surface area contributed by atoms with E-state index in [0.29, 0.717) is 11.9 Å². The minimum absolute atomic E-state index is 0.226. The molecule has 0 aliphatic carbocycles. The van der Waals surface area contributed by atoms with E-state index in [4.69, 9.17) is 5.73 Å². The molecule has 0 radical (unpaired) electrons. The van der Waals surface area contributed by atoms with E-state index >= 15 is 0 Å². The molecule has 3 nitrogen and oxygen atoms in total. The van der Waals surface area contributed by atoms with Gasteiger partial charge in [-0.3, -0.25) is 9.69 Å². The van der Waals surface area contributed by atoms with Crippen LogP contribution in [0.25, 0.3) is 0 Å². The van der Waals surface area contributed by atoms with Gasteiger partial charge in [-0.15, -0.1) is 11.8 Å². The standard InChI is InChI=1S/C10H14N2OS2/c11-9(13)5-12-3-1-10(12)15-7-8-2-4-14-6-8/h2,4,6,10H,1,3,5,7H2,(H2,11,13). The Hall–Kier alpha value is -0.520. The molecule has 15 heavy (non-hydrogen) atoms. The van der Waals surface area contributed by atoms with E-state index in [1.807, 2.05) is 11.8 Å². The Kier molecular flexibility index (Phi) is 3.66. The molecule has 2 rings (SSSR count). The Bertz CT molecular complexity index is 326. The van der Waals surface area contributed by atoms with Crippen molar-refractivity contribution in [2.24, 2.45) is 5.73 Å². The number of thioether (sulfide) groups is 1. The summed E-state index contributed by atoms with van der Waals surface area (Å²) in [5.41, 5.74) is 6.54. The number of thiophene rings is 1. The molecular weight excluding hydrogens is 228 g/mol. The van der Waals surface area contributed by atoms with Crippen LogP contribution in [0, 0.1) is 0 Å². The van der Waals surface area contributed by atoms with E-state index < -0.39 is 0 Å². The summed E-state index contributed by atoms with van der Waals surface area (Å²) in [5, 5.41) is 4.75. The zero-order valence-corrected chi connectivity index (χ0v) is 10.0. The van der Waals surface area contributed by atoms with Gasteiger partial charge in [-0.25, -0.2) is 0 Å². The lowest BCUT2D eigenvalue weighted by Gasteiger charge is -2.39. The molecule has 5 heteroatoms. The van der Waals surface area contributed by atoms with Crippen LogP contribution in [0.4, 0.5) is 0 Å². The maximum absolute atomic E-state index is 10.8. The lowest BCUT2D eigenvalue weighted by atomic mass is 10.2. The van der Waals surface area contributed by atoms with Gasteiger partial charge in [-0.2, -0.15) is 11.3 Å². The van der Waals surface area contributed by atoms with E-state index in [0.717, 1.165) is 12.3 Å². The Morgan fingerprint density at radius 3 is 3.13 bits per heavy atom. The minimum Gasteiger partial charge on any atom is -0.369 e. The van der Waals surface area contributed by atoms with Crippen LogP contribution in [0.2, 0.25) is 0 Å². The quantitative estimate of drug-likeness (QED) is 0.851. The van der Waals surface area contributed by atoms with Gasteiger partial charge in [0.15, 0.2) is 0 Å². The molecule has 82 valence electrons. The van der Waals surface area contributed by atoms with Gasteiger partial charge in [0.05, 0.1) is 11.9 Å². The SMILES string of the molecule is NC(=O)CN1CCC1SCc1ccsc1. The number of carbonyl (C=O) groups is 1. The topological polar surface area (TPSA) is 46.3 Å². The Labute approximate surface area is 97.6 Å². The summed E-state index contributed by atoms with van der Waals surface area (Å²) in [6.07, 6.45) is 1.17. The molecule has 1 aromatic rings. The molecule has 0 bridgehead atoms. The molecule has 0 spiro atoms. The summed E-state index contributed by atoms with van der Waals surface area (Å²) in [7, 11) is 0. The number of nitrogens with zero attached hydrogens (tertiary/aromatic N) is 1. The molecule has 1 aliphatic rings. The second-order valence-corrected chi connectivity index (χ2v) is 5.57. The highest BCUT2D eigenvalue weighted by Crippen LogP contribution is 2.30. The van der Waals surface area contributed by atoms with E-state index in [2.05, 4.69) is 21.7 Å². The van der Waals surface area contributed by atoms with Crippen molar-refractivity contribution in [3.8, 4) is 0 Å². The van der Waals surface area contributed by atoms with Gasteiger partial charge in [-0.1, -0.05) is 0 Å². The van der Waals surface area contributed by atoms with E-state index in [9.17, 15) is 4.79 Å². The van der Waals surface area contributed by atoms with Crippen LogP contribution in [0.1, 0.15) is 12.0 Å². The maximum Gasteiger partial charge on any atom is 0.231 e. The van der Waals surface area contributed by atoms with Crippen molar-refractivity contribution in [1.29, 1.82) is 0 Å². The summed E-state index contributed by atoms with van der Waals surface area (Å²) in [6.45, 7) is 1.41. The average Bonchev–Trinajstić information content (AvgIpc) is 2.65. The number of carbonyl (C=O) groups excluding carboxylic acids is 1. The van der Waals surface area contributed by atoms with Crippen LogP contribution < -0.4 is 5.73 Å². The molecule has 1 aliphatic heterocycles. The van der Waals surface area contributed by atoms with Crippen molar-refractivity contribution in [2.45, 2.75) is 17.5 Å². The zero-order chi connectivity index (χ0) is 10.7. The van der Waals surface area contributed by atoms with Gasteiger partial charge in [0.1, 0.15) is 0 Å². The van der Waals surface area contributed by atoms with Crippen LogP contribution in [-0.2, 0) is 10.5 Å². The second-order valence-electron chi connectivity index (χ2n) is 3.62. The minimum atomic E-state index is -0.226. The van der Waals surface area contributed by atoms with Gasteiger partial charge in [0.25, 0.3) is 0 Å². The number of rotatable bonds is 5. The van der Waals surface area contributed by atoms with Crippen LogP contribution >= 0.6 is 23.1 Å². The first-order valence-corrected chi connectivity index (χ1v) is 6.90. The molecule has 0 aromatic carbocycles. The normalized spacial score (nSPS) is 21.2. The van der Waals surface area contributed by atoms with Gasteiger partial charge >= 0.3 is 0 Å². The molecule has 1 amide bonds. The number of likely N-dealkylation sites (tertiary alicyclic amines) is 1. The third-order valence-electron chi connectivity index (χ3n) is 2.45. The third-order valence-corrected chi connectivity index (χ3v) is 4.60. The summed E-state index contributed by atoms with van der Waals surface area (Å²) < 4.78 is 0. The fraction of sp³-hybridized carbons (Fsp3) is 0.500. The molecule has 1 unspecified atom stereocenters. The van der Waals surface area contributed by atoms with Gasteiger partial charge < -0.3 is 5.73 Å².